The molecular weight excluding hydrogens is 761 g/mol. The van der Waals surface area contributed by atoms with Crippen LogP contribution in [-0.2, 0) is 41.0 Å². The number of hydrogen-bond donors (Lipinski definition) is 3. The van der Waals surface area contributed by atoms with Crippen molar-refractivity contribution in [1.82, 2.24) is 14.7 Å². The van der Waals surface area contributed by atoms with E-state index >= 15 is 0 Å². The number of carbonyl (C=O) groups is 2. The Labute approximate surface area is 297 Å². The van der Waals surface area contributed by atoms with E-state index in [1.54, 1.807) is 12.1 Å². The van der Waals surface area contributed by atoms with Crippen molar-refractivity contribution in [2.24, 2.45) is 5.14 Å². The predicted octanol–water partition coefficient (Wildman–Crippen LogP) is 5.73. The summed E-state index contributed by atoms with van der Waals surface area (Å²) in [6.45, 7) is -1.47. The third-order valence-electron chi connectivity index (χ3n) is 7.41. The van der Waals surface area contributed by atoms with Crippen LogP contribution in [-0.4, -0.2) is 51.5 Å². The van der Waals surface area contributed by atoms with Crippen LogP contribution in [0.2, 0.25) is 5.02 Å². The number of alkyl halides is 5. The molecule has 1 unspecified atom stereocenters. The summed E-state index contributed by atoms with van der Waals surface area (Å²) in [6, 6.07) is 21.0. The number of fused-ring (bicyclic) bond motifs is 1. The number of rotatable bonds is 12. The van der Waals surface area contributed by atoms with Crippen molar-refractivity contribution in [3.63, 3.8) is 0 Å². The molecule has 0 spiro atoms. The zero-order valence-electron chi connectivity index (χ0n) is 26.1. The van der Waals surface area contributed by atoms with Crippen LogP contribution in [0.1, 0.15) is 29.4 Å². The van der Waals surface area contributed by atoms with Crippen molar-refractivity contribution >= 4 is 60.5 Å². The molecule has 1 heterocycles. The Morgan fingerprint density at radius 2 is 1.58 bits per heavy atom. The average Bonchev–Trinajstić information content (AvgIpc) is 3.50. The average molecular weight is 786 g/mol. The SMILES string of the molecule is NS(=O)(=O)N(CC(=O)OC(=O)C(F)(F)F)c1ccc(CC(NS(=O)(=O)c2ccc(-c3ccccc3)cc2)c2nc3ccc(C(F)F)cc3[nH]2)cc1Cl. The highest BCUT2D eigenvalue weighted by Crippen LogP contribution is 2.32. The van der Waals surface area contributed by atoms with Gasteiger partial charge >= 0.3 is 18.1 Å². The van der Waals surface area contributed by atoms with Crippen molar-refractivity contribution in [3.05, 3.63) is 113 Å². The molecule has 5 aromatic rings. The first-order valence-corrected chi connectivity index (χ1v) is 18.0. The number of nitrogens with two attached hydrogens (primary N) is 1. The number of nitrogens with zero attached hydrogens (tertiary/aromatic N) is 2. The molecule has 0 aliphatic carbocycles. The summed E-state index contributed by atoms with van der Waals surface area (Å²) >= 11 is 6.33. The molecule has 1 aromatic heterocycles. The van der Waals surface area contributed by atoms with Gasteiger partial charge in [0.25, 0.3) is 16.6 Å². The van der Waals surface area contributed by atoms with Gasteiger partial charge in [0.1, 0.15) is 12.4 Å². The van der Waals surface area contributed by atoms with Gasteiger partial charge in [-0.05, 0) is 59.5 Å². The van der Waals surface area contributed by atoms with Gasteiger partial charge in [0.05, 0.1) is 32.7 Å². The van der Waals surface area contributed by atoms with Crippen LogP contribution in [0.15, 0.2) is 95.9 Å². The van der Waals surface area contributed by atoms with Gasteiger partial charge < -0.3 is 9.72 Å². The predicted molar refractivity (Wildman–Crippen MR) is 179 cm³/mol. The molecule has 12 nitrogen and oxygen atoms in total. The lowest BCUT2D eigenvalue weighted by atomic mass is 10.1. The number of aromatic amines is 1. The van der Waals surface area contributed by atoms with Crippen LogP contribution < -0.4 is 14.2 Å². The number of H-pyrrole nitrogens is 1. The molecule has 52 heavy (non-hydrogen) atoms. The minimum absolute atomic E-state index is 0.00864. The third-order valence-corrected chi connectivity index (χ3v) is 10.1. The van der Waals surface area contributed by atoms with Crippen LogP contribution in [0.25, 0.3) is 22.2 Å². The van der Waals surface area contributed by atoms with E-state index in [1.807, 2.05) is 30.3 Å². The van der Waals surface area contributed by atoms with Crippen LogP contribution in [0.3, 0.4) is 0 Å². The lowest BCUT2D eigenvalue weighted by Crippen LogP contribution is -2.42. The van der Waals surface area contributed by atoms with Crippen molar-refractivity contribution in [2.75, 3.05) is 10.8 Å². The normalized spacial score (nSPS) is 12.9. The van der Waals surface area contributed by atoms with Gasteiger partial charge in [-0.1, -0.05) is 66.2 Å². The zero-order chi connectivity index (χ0) is 38.0. The molecular formula is C32H25ClF5N5O7S2. The van der Waals surface area contributed by atoms with Crippen molar-refractivity contribution in [3.8, 4) is 11.1 Å². The first-order chi connectivity index (χ1) is 24.3. The highest BCUT2D eigenvalue weighted by atomic mass is 35.5. The Kier molecular flexibility index (Phi) is 11.0. The number of ether oxygens (including phenoxy) is 1. The summed E-state index contributed by atoms with van der Waals surface area (Å²) in [7, 11) is -9.19. The zero-order valence-corrected chi connectivity index (χ0v) is 28.5. The van der Waals surface area contributed by atoms with E-state index in [1.165, 1.54) is 24.3 Å². The highest BCUT2D eigenvalue weighted by Gasteiger charge is 2.43. The number of aromatic nitrogens is 2. The number of anilines is 1. The topological polar surface area (TPSA) is 182 Å². The molecule has 5 rings (SSSR count). The molecule has 274 valence electrons. The van der Waals surface area contributed by atoms with Crippen molar-refractivity contribution in [1.29, 1.82) is 0 Å². The summed E-state index contributed by atoms with van der Waals surface area (Å²) in [6.07, 6.45) is -8.58. The van der Waals surface area contributed by atoms with Crippen LogP contribution in [0.5, 0.6) is 0 Å². The highest BCUT2D eigenvalue weighted by molar-refractivity contribution is 7.90. The summed E-state index contributed by atoms with van der Waals surface area (Å²) < 4.78 is 123. The molecule has 0 saturated heterocycles. The minimum Gasteiger partial charge on any atom is -0.385 e. The van der Waals surface area contributed by atoms with Gasteiger partial charge in [0.2, 0.25) is 10.0 Å². The molecule has 0 fully saturated rings. The van der Waals surface area contributed by atoms with E-state index in [0.29, 0.717) is 0 Å². The number of benzene rings is 4. The molecule has 0 amide bonds. The van der Waals surface area contributed by atoms with E-state index in [-0.39, 0.29) is 43.6 Å². The molecule has 20 heteroatoms. The molecule has 0 aliphatic heterocycles. The fourth-order valence-electron chi connectivity index (χ4n) is 4.99. The molecule has 4 N–H and O–H groups in total. The van der Waals surface area contributed by atoms with Gasteiger partial charge in [0, 0.05) is 5.56 Å². The molecule has 0 radical (unpaired) electrons. The maximum Gasteiger partial charge on any atom is 0.491 e. The Bertz CT molecular complexity index is 2340. The summed E-state index contributed by atoms with van der Waals surface area (Å²) in [5.41, 5.74) is 1.43. The van der Waals surface area contributed by atoms with E-state index in [9.17, 15) is 48.4 Å². The number of esters is 2. The summed E-state index contributed by atoms with van der Waals surface area (Å²) in [5.74, 6) is -4.79. The van der Waals surface area contributed by atoms with Crippen molar-refractivity contribution in [2.45, 2.75) is 30.0 Å². The number of hydrogen-bond acceptors (Lipinski definition) is 8. The van der Waals surface area contributed by atoms with E-state index in [4.69, 9.17) is 16.7 Å². The van der Waals surface area contributed by atoms with Crippen molar-refractivity contribution < 1.29 is 53.1 Å². The second-order valence-electron chi connectivity index (χ2n) is 11.1. The van der Waals surface area contributed by atoms with Crippen LogP contribution >= 0.6 is 11.6 Å². The summed E-state index contributed by atoms with van der Waals surface area (Å²) in [4.78, 5) is 30.2. The number of imidazole rings is 1. The molecule has 4 aromatic carbocycles. The van der Waals surface area contributed by atoms with Gasteiger partial charge in [-0.15, -0.1) is 0 Å². The van der Waals surface area contributed by atoms with Gasteiger partial charge in [-0.3, -0.25) is 0 Å². The number of nitrogens with one attached hydrogen (secondary N) is 2. The molecule has 0 bridgehead atoms. The number of carbonyl (C=O) groups excluding carboxylic acids is 2. The monoisotopic (exact) mass is 785 g/mol. The van der Waals surface area contributed by atoms with E-state index < -0.39 is 68.1 Å². The van der Waals surface area contributed by atoms with Crippen LogP contribution in [0, 0.1) is 0 Å². The lowest BCUT2D eigenvalue weighted by molar-refractivity contribution is -0.201. The quantitative estimate of drug-likeness (QED) is 0.0815. The van der Waals surface area contributed by atoms with Gasteiger partial charge in [0.15, 0.2) is 0 Å². The second kappa shape index (κ2) is 15.0. The first-order valence-electron chi connectivity index (χ1n) is 14.7. The van der Waals surface area contributed by atoms with Crippen LogP contribution in [0.4, 0.5) is 27.6 Å². The molecule has 1 atom stereocenters. The number of sulfonamides is 1. The second-order valence-corrected chi connectivity index (χ2v) is 14.7. The summed E-state index contributed by atoms with van der Waals surface area (Å²) in [5, 5.41) is 4.75. The smallest absolute Gasteiger partial charge is 0.385 e. The Morgan fingerprint density at radius 3 is 2.17 bits per heavy atom. The maximum atomic E-state index is 13.7. The Hall–Kier alpha value is -4.95. The number of halogens is 6. The minimum atomic E-state index is -5.55. The largest absolute Gasteiger partial charge is 0.491 e. The van der Waals surface area contributed by atoms with E-state index in [2.05, 4.69) is 19.4 Å². The fraction of sp³-hybridized carbons (Fsp3) is 0.156. The van der Waals surface area contributed by atoms with E-state index in [0.717, 1.165) is 35.4 Å². The third kappa shape index (κ3) is 9.09. The Morgan fingerprint density at radius 1 is 0.923 bits per heavy atom. The standard InChI is InChI=1S/C32H25ClF5N5O7S2/c33-23-14-18(6-13-27(23)43(52(39,48)49)17-28(44)50-31(45)32(36,37)38)15-26(30-40-24-12-9-21(29(34)35)16-25(24)41-30)42-51(46,47)22-10-7-20(8-11-22)19-4-2-1-3-5-19/h1-14,16,26,29,42H,15,17H2,(H,40,41)(H2,39,48,49). The fourth-order valence-corrected chi connectivity index (χ4v) is 7.27. The molecule has 0 aliphatic rings. The maximum absolute atomic E-state index is 13.7. The van der Waals surface area contributed by atoms with Gasteiger partial charge in [-0.2, -0.15) is 21.6 Å². The Balaban J connectivity index is 1.47. The molecule has 0 saturated carbocycles. The lowest BCUT2D eigenvalue weighted by Gasteiger charge is -2.23. The van der Waals surface area contributed by atoms with Gasteiger partial charge in [-0.25, -0.2) is 45.9 Å². The first kappa shape index (κ1) is 38.3.